The Labute approximate surface area is 148 Å². The van der Waals surface area contributed by atoms with Crippen molar-refractivity contribution in [2.75, 3.05) is 13.2 Å². The molecule has 3 atom stereocenters. The van der Waals surface area contributed by atoms with Gasteiger partial charge in [-0.05, 0) is 37.5 Å². The first-order chi connectivity index (χ1) is 11.9. The van der Waals surface area contributed by atoms with E-state index in [0.717, 1.165) is 18.4 Å². The monoisotopic (exact) mass is 344 g/mol. The molecule has 0 radical (unpaired) electrons. The molecule has 1 aromatic carbocycles. The Kier molecular flexibility index (Phi) is 4.95. The Bertz CT molecular complexity index is 691. The molecule has 1 aliphatic carbocycles. The van der Waals surface area contributed by atoms with E-state index in [9.17, 15) is 9.59 Å². The molecule has 3 rings (SSSR count). The molecule has 134 valence electrons. The van der Waals surface area contributed by atoms with Gasteiger partial charge in [0.1, 0.15) is 5.75 Å². The van der Waals surface area contributed by atoms with Crippen LogP contribution in [0.1, 0.15) is 45.3 Å². The van der Waals surface area contributed by atoms with Crippen LogP contribution in [-0.2, 0) is 19.1 Å². The van der Waals surface area contributed by atoms with Crippen LogP contribution in [0.15, 0.2) is 35.9 Å². The maximum atomic E-state index is 11.2. The maximum absolute atomic E-state index is 11.2. The van der Waals surface area contributed by atoms with Gasteiger partial charge >= 0.3 is 11.9 Å². The number of allylic oxidation sites excluding steroid dienone is 1. The van der Waals surface area contributed by atoms with Crippen LogP contribution in [0.4, 0.5) is 0 Å². The fraction of sp³-hybridized carbons (Fsp3) is 0.500. The number of hydrogen-bond acceptors (Lipinski definition) is 5. The van der Waals surface area contributed by atoms with Gasteiger partial charge in [-0.1, -0.05) is 23.8 Å². The highest BCUT2D eigenvalue weighted by Gasteiger charge is 2.45. The first-order valence-electron chi connectivity index (χ1n) is 8.59. The molecule has 1 saturated heterocycles. The number of benzene rings is 1. The number of rotatable bonds is 4. The van der Waals surface area contributed by atoms with Crippen LogP contribution < -0.4 is 4.74 Å². The predicted molar refractivity (Wildman–Crippen MR) is 92.0 cm³/mol. The summed E-state index contributed by atoms with van der Waals surface area (Å²) in [6.45, 7) is 5.93. The second-order valence-electron chi connectivity index (χ2n) is 7.14. The summed E-state index contributed by atoms with van der Waals surface area (Å²) in [5, 5.41) is 0. The first-order valence-corrected chi connectivity index (χ1v) is 8.59. The molecule has 0 amide bonds. The van der Waals surface area contributed by atoms with Crippen molar-refractivity contribution in [2.45, 2.75) is 39.7 Å². The van der Waals surface area contributed by atoms with Crippen molar-refractivity contribution < 1.29 is 23.8 Å². The lowest BCUT2D eigenvalue weighted by Gasteiger charge is -2.47. The highest BCUT2D eigenvalue weighted by atomic mass is 16.5. The standard InChI is InChI=1S/C20H24O5/c1-13-8-9-20(11-23-14(2)21)10-18(13)19(24-12-20)16-4-6-17(7-5-16)25-15(3)22/h4-8,18-19H,9-12H2,1-3H3/t18-,19-,20-/m1/s1. The van der Waals surface area contributed by atoms with E-state index in [1.54, 1.807) is 12.1 Å². The molecule has 1 aromatic rings. The molecular weight excluding hydrogens is 320 g/mol. The lowest BCUT2D eigenvalue weighted by molar-refractivity contribution is -0.156. The molecule has 5 nitrogen and oxygen atoms in total. The van der Waals surface area contributed by atoms with Crippen LogP contribution in [0.25, 0.3) is 0 Å². The van der Waals surface area contributed by atoms with E-state index in [-0.39, 0.29) is 29.4 Å². The van der Waals surface area contributed by atoms with Crippen LogP contribution in [0, 0.1) is 11.3 Å². The molecule has 1 heterocycles. The van der Waals surface area contributed by atoms with E-state index < -0.39 is 0 Å². The van der Waals surface area contributed by atoms with Crippen molar-refractivity contribution in [1.82, 2.24) is 0 Å². The Morgan fingerprint density at radius 3 is 2.56 bits per heavy atom. The van der Waals surface area contributed by atoms with Crippen LogP contribution in [-0.4, -0.2) is 25.2 Å². The van der Waals surface area contributed by atoms with Crippen molar-refractivity contribution in [2.24, 2.45) is 11.3 Å². The molecule has 25 heavy (non-hydrogen) atoms. The number of ether oxygens (including phenoxy) is 3. The van der Waals surface area contributed by atoms with E-state index >= 15 is 0 Å². The molecule has 1 aliphatic heterocycles. The Morgan fingerprint density at radius 2 is 1.92 bits per heavy atom. The molecular formula is C20H24O5. The van der Waals surface area contributed by atoms with Gasteiger partial charge in [-0.15, -0.1) is 0 Å². The second-order valence-corrected chi connectivity index (χ2v) is 7.14. The van der Waals surface area contributed by atoms with E-state index in [1.165, 1.54) is 19.4 Å². The van der Waals surface area contributed by atoms with Crippen molar-refractivity contribution in [3.63, 3.8) is 0 Å². The fourth-order valence-corrected chi connectivity index (χ4v) is 3.72. The van der Waals surface area contributed by atoms with Gasteiger partial charge in [0.2, 0.25) is 0 Å². The van der Waals surface area contributed by atoms with Crippen molar-refractivity contribution in [3.05, 3.63) is 41.5 Å². The minimum absolute atomic E-state index is 0.0339. The largest absolute Gasteiger partial charge is 0.465 e. The third-order valence-electron chi connectivity index (χ3n) is 5.08. The normalized spacial score (nSPS) is 28.0. The number of esters is 2. The smallest absolute Gasteiger partial charge is 0.308 e. The van der Waals surface area contributed by atoms with Crippen molar-refractivity contribution in [1.29, 1.82) is 0 Å². The summed E-state index contributed by atoms with van der Waals surface area (Å²) >= 11 is 0. The summed E-state index contributed by atoms with van der Waals surface area (Å²) in [6.07, 6.45) is 4.04. The molecule has 0 saturated carbocycles. The van der Waals surface area contributed by atoms with Crippen LogP contribution in [0.3, 0.4) is 0 Å². The Hall–Kier alpha value is -2.14. The highest BCUT2D eigenvalue weighted by molar-refractivity contribution is 5.69. The predicted octanol–water partition coefficient (Wildman–Crippen LogP) is 3.59. The van der Waals surface area contributed by atoms with E-state index in [0.29, 0.717) is 19.0 Å². The zero-order chi connectivity index (χ0) is 18.0. The van der Waals surface area contributed by atoms with Crippen molar-refractivity contribution in [3.8, 4) is 5.75 Å². The highest BCUT2D eigenvalue weighted by Crippen LogP contribution is 2.50. The lowest BCUT2D eigenvalue weighted by Crippen LogP contribution is -2.44. The SMILES string of the molecule is CC(=O)OC[C@@]12CC=C(C)[C@@H](C1)[C@@H](c1ccc(OC(C)=O)cc1)OC2. The van der Waals surface area contributed by atoms with Gasteiger partial charge in [-0.25, -0.2) is 0 Å². The number of hydrogen-bond donors (Lipinski definition) is 0. The molecule has 0 unspecified atom stereocenters. The number of fused-ring (bicyclic) bond motifs is 2. The van der Waals surface area contributed by atoms with Gasteiger partial charge < -0.3 is 14.2 Å². The Morgan fingerprint density at radius 1 is 1.20 bits per heavy atom. The maximum Gasteiger partial charge on any atom is 0.308 e. The molecule has 2 bridgehead atoms. The van der Waals surface area contributed by atoms with Gasteiger partial charge in [0, 0.05) is 25.2 Å². The minimum Gasteiger partial charge on any atom is -0.465 e. The molecule has 0 spiro atoms. The topological polar surface area (TPSA) is 61.8 Å². The quantitative estimate of drug-likeness (QED) is 0.474. The Balaban J connectivity index is 1.76. The third kappa shape index (κ3) is 3.93. The second kappa shape index (κ2) is 7.00. The summed E-state index contributed by atoms with van der Waals surface area (Å²) in [7, 11) is 0. The van der Waals surface area contributed by atoms with E-state index in [1.807, 2.05) is 12.1 Å². The fourth-order valence-electron chi connectivity index (χ4n) is 3.72. The summed E-state index contributed by atoms with van der Waals surface area (Å²) in [5.41, 5.74) is 2.26. The molecule has 0 aromatic heterocycles. The van der Waals surface area contributed by atoms with Gasteiger partial charge in [-0.3, -0.25) is 9.59 Å². The summed E-state index contributed by atoms with van der Waals surface area (Å²) < 4.78 is 16.6. The zero-order valence-corrected chi connectivity index (χ0v) is 14.9. The molecule has 1 fully saturated rings. The van der Waals surface area contributed by atoms with Crippen LogP contribution in [0.5, 0.6) is 5.75 Å². The summed E-state index contributed by atoms with van der Waals surface area (Å²) in [4.78, 5) is 22.2. The van der Waals surface area contributed by atoms with Crippen LogP contribution >= 0.6 is 0 Å². The summed E-state index contributed by atoms with van der Waals surface area (Å²) in [5.74, 6) is 0.216. The molecule has 5 heteroatoms. The minimum atomic E-state index is -0.331. The van der Waals surface area contributed by atoms with Crippen molar-refractivity contribution >= 4 is 11.9 Å². The molecule has 2 aliphatic rings. The van der Waals surface area contributed by atoms with E-state index in [2.05, 4.69) is 13.0 Å². The van der Waals surface area contributed by atoms with Gasteiger partial charge in [0.05, 0.1) is 19.3 Å². The first kappa shape index (κ1) is 17.7. The average Bonchev–Trinajstić information content (AvgIpc) is 2.58. The van der Waals surface area contributed by atoms with E-state index in [4.69, 9.17) is 14.2 Å². The molecule has 0 N–H and O–H groups in total. The average molecular weight is 344 g/mol. The van der Waals surface area contributed by atoms with Gasteiger partial charge in [0.25, 0.3) is 0 Å². The summed E-state index contributed by atoms with van der Waals surface area (Å²) in [6, 6.07) is 7.49. The zero-order valence-electron chi connectivity index (χ0n) is 14.9. The number of carbonyl (C=O) groups is 2. The van der Waals surface area contributed by atoms with Crippen LogP contribution in [0.2, 0.25) is 0 Å². The third-order valence-corrected chi connectivity index (χ3v) is 5.08. The lowest BCUT2D eigenvalue weighted by atomic mass is 9.66. The van der Waals surface area contributed by atoms with Gasteiger partial charge in [-0.2, -0.15) is 0 Å². The number of carbonyl (C=O) groups excluding carboxylic acids is 2. The van der Waals surface area contributed by atoms with Gasteiger partial charge in [0.15, 0.2) is 0 Å².